The topological polar surface area (TPSA) is 83.6 Å². The fraction of sp³-hybridized carbons (Fsp3) is 0.500. The van der Waals surface area contributed by atoms with Crippen molar-refractivity contribution in [2.75, 3.05) is 0 Å². The van der Waals surface area contributed by atoms with Crippen LogP contribution in [0.25, 0.3) is 0 Å². The summed E-state index contributed by atoms with van der Waals surface area (Å²) in [5.41, 5.74) is 4.91. The average molecular weight is 251 g/mol. The second-order valence-electron chi connectivity index (χ2n) is 5.05. The molecular weight excluding hydrogens is 230 g/mol. The molecule has 0 spiro atoms. The first kappa shape index (κ1) is 14.8. The number of hydrogen-bond donors (Lipinski definition) is 3. The number of rotatable bonds is 6. The molecule has 0 radical (unpaired) electrons. The van der Waals surface area contributed by atoms with Gasteiger partial charge < -0.3 is 10.2 Å². The van der Waals surface area contributed by atoms with E-state index in [1.54, 1.807) is 24.3 Å². The van der Waals surface area contributed by atoms with Gasteiger partial charge in [-0.05, 0) is 18.8 Å². The molecular formula is C14H21NO3. The maximum absolute atomic E-state index is 10.5. The van der Waals surface area contributed by atoms with Crippen LogP contribution in [0.3, 0.4) is 0 Å². The lowest BCUT2D eigenvalue weighted by molar-refractivity contribution is -0.0812. The van der Waals surface area contributed by atoms with E-state index in [9.17, 15) is 15.0 Å². The zero-order valence-corrected chi connectivity index (χ0v) is 10.8. The molecule has 0 aliphatic carbocycles. The Labute approximate surface area is 107 Å². The standard InChI is InChI=1S/C14H21NO3/c1-10(2)3-8-13(17)14(15,18)12-6-4-11(9-16)5-7-12/h4-7,9-10,13,17-18H,3,8,15H2,1-2H3/t13-,14-/m0/s1. The van der Waals surface area contributed by atoms with Gasteiger partial charge in [0.2, 0.25) is 0 Å². The highest BCUT2D eigenvalue weighted by Crippen LogP contribution is 2.23. The molecule has 18 heavy (non-hydrogen) atoms. The molecule has 1 rings (SSSR count). The predicted molar refractivity (Wildman–Crippen MR) is 70.0 cm³/mol. The van der Waals surface area contributed by atoms with Crippen molar-refractivity contribution in [1.29, 1.82) is 0 Å². The number of benzene rings is 1. The van der Waals surface area contributed by atoms with Gasteiger partial charge in [-0.3, -0.25) is 10.5 Å². The molecule has 100 valence electrons. The summed E-state index contributed by atoms with van der Waals surface area (Å²) >= 11 is 0. The summed E-state index contributed by atoms with van der Waals surface area (Å²) in [7, 11) is 0. The van der Waals surface area contributed by atoms with Crippen LogP contribution in [0.2, 0.25) is 0 Å². The van der Waals surface area contributed by atoms with Crippen molar-refractivity contribution in [1.82, 2.24) is 0 Å². The van der Waals surface area contributed by atoms with E-state index in [0.29, 0.717) is 29.8 Å². The molecule has 1 aromatic rings. The Hall–Kier alpha value is -1.23. The van der Waals surface area contributed by atoms with E-state index < -0.39 is 11.8 Å². The molecule has 1 aromatic carbocycles. The summed E-state index contributed by atoms with van der Waals surface area (Å²) < 4.78 is 0. The van der Waals surface area contributed by atoms with Gasteiger partial charge in [-0.1, -0.05) is 38.1 Å². The zero-order chi connectivity index (χ0) is 13.8. The lowest BCUT2D eigenvalue weighted by atomic mass is 9.92. The number of hydrogen-bond acceptors (Lipinski definition) is 4. The summed E-state index contributed by atoms with van der Waals surface area (Å²) in [5, 5.41) is 20.1. The fourth-order valence-corrected chi connectivity index (χ4v) is 1.73. The number of carbonyl (C=O) groups excluding carboxylic acids is 1. The largest absolute Gasteiger partial charge is 0.388 e. The molecule has 0 saturated carbocycles. The van der Waals surface area contributed by atoms with E-state index in [0.717, 1.165) is 6.42 Å². The van der Waals surface area contributed by atoms with Crippen molar-refractivity contribution in [3.05, 3.63) is 35.4 Å². The molecule has 2 atom stereocenters. The monoisotopic (exact) mass is 251 g/mol. The van der Waals surface area contributed by atoms with Crippen LogP contribution in [0.5, 0.6) is 0 Å². The molecule has 4 N–H and O–H groups in total. The third-order valence-corrected chi connectivity index (χ3v) is 3.03. The van der Waals surface area contributed by atoms with Gasteiger partial charge in [-0.15, -0.1) is 0 Å². The van der Waals surface area contributed by atoms with Gasteiger partial charge in [0.05, 0.1) is 0 Å². The summed E-state index contributed by atoms with van der Waals surface area (Å²) in [6, 6.07) is 6.25. The van der Waals surface area contributed by atoms with Crippen molar-refractivity contribution in [3.63, 3.8) is 0 Å². The minimum Gasteiger partial charge on any atom is -0.388 e. The minimum absolute atomic E-state index is 0.407. The van der Waals surface area contributed by atoms with Gasteiger partial charge in [-0.2, -0.15) is 0 Å². The molecule has 0 aromatic heterocycles. The molecule has 0 amide bonds. The Balaban J connectivity index is 2.79. The van der Waals surface area contributed by atoms with Crippen molar-refractivity contribution in [2.45, 2.75) is 38.5 Å². The lowest BCUT2D eigenvalue weighted by Gasteiger charge is -2.29. The third kappa shape index (κ3) is 3.63. The average Bonchev–Trinajstić information content (AvgIpc) is 2.35. The van der Waals surface area contributed by atoms with Gasteiger partial charge in [0.1, 0.15) is 12.4 Å². The fourth-order valence-electron chi connectivity index (χ4n) is 1.73. The minimum atomic E-state index is -1.78. The van der Waals surface area contributed by atoms with E-state index in [2.05, 4.69) is 0 Å². The van der Waals surface area contributed by atoms with Crippen LogP contribution in [0.1, 0.15) is 42.6 Å². The number of aliphatic hydroxyl groups excluding tert-OH is 1. The molecule has 0 unspecified atom stereocenters. The highest BCUT2D eigenvalue weighted by Gasteiger charge is 2.32. The second-order valence-corrected chi connectivity index (χ2v) is 5.05. The Kier molecular flexibility index (Phi) is 5.02. The quantitative estimate of drug-likeness (QED) is 0.527. The van der Waals surface area contributed by atoms with E-state index in [1.165, 1.54) is 0 Å². The first-order valence-corrected chi connectivity index (χ1v) is 6.13. The Morgan fingerprint density at radius 1 is 1.28 bits per heavy atom. The van der Waals surface area contributed by atoms with Crippen LogP contribution < -0.4 is 5.73 Å². The Morgan fingerprint density at radius 2 is 1.83 bits per heavy atom. The first-order chi connectivity index (χ1) is 8.37. The maximum atomic E-state index is 10.5. The van der Waals surface area contributed by atoms with Crippen molar-refractivity contribution < 1.29 is 15.0 Å². The first-order valence-electron chi connectivity index (χ1n) is 6.13. The van der Waals surface area contributed by atoms with E-state index in [1.807, 2.05) is 13.8 Å². The SMILES string of the molecule is CC(C)CC[C@H](O)[C@@](N)(O)c1ccc(C=O)cc1. The van der Waals surface area contributed by atoms with E-state index >= 15 is 0 Å². The van der Waals surface area contributed by atoms with Gasteiger partial charge in [0.25, 0.3) is 0 Å². The van der Waals surface area contributed by atoms with Crippen LogP contribution in [0.4, 0.5) is 0 Å². The van der Waals surface area contributed by atoms with Crippen LogP contribution in [0.15, 0.2) is 24.3 Å². The zero-order valence-electron chi connectivity index (χ0n) is 10.8. The second kappa shape index (κ2) is 6.09. The highest BCUT2D eigenvalue weighted by molar-refractivity contribution is 5.74. The van der Waals surface area contributed by atoms with E-state index in [-0.39, 0.29) is 0 Å². The van der Waals surface area contributed by atoms with Crippen LogP contribution in [-0.2, 0) is 5.72 Å². The molecule has 4 nitrogen and oxygen atoms in total. The highest BCUT2D eigenvalue weighted by atomic mass is 16.4. The lowest BCUT2D eigenvalue weighted by Crippen LogP contribution is -2.47. The summed E-state index contributed by atoms with van der Waals surface area (Å²) in [6.07, 6.45) is 0.906. The Bertz CT molecular complexity index is 385. The number of nitrogens with two attached hydrogens (primary N) is 1. The Morgan fingerprint density at radius 3 is 2.28 bits per heavy atom. The van der Waals surface area contributed by atoms with Gasteiger partial charge in [0, 0.05) is 11.1 Å². The summed E-state index contributed by atoms with van der Waals surface area (Å²) in [6.45, 7) is 4.09. The van der Waals surface area contributed by atoms with Crippen molar-refractivity contribution in [3.8, 4) is 0 Å². The number of aldehydes is 1. The van der Waals surface area contributed by atoms with Gasteiger partial charge >= 0.3 is 0 Å². The van der Waals surface area contributed by atoms with Crippen LogP contribution in [-0.4, -0.2) is 22.6 Å². The molecule has 0 aliphatic rings. The molecule has 0 saturated heterocycles. The molecule has 0 heterocycles. The third-order valence-electron chi connectivity index (χ3n) is 3.03. The summed E-state index contributed by atoms with van der Waals surface area (Å²) in [5.74, 6) is 0.438. The maximum Gasteiger partial charge on any atom is 0.165 e. The van der Waals surface area contributed by atoms with Gasteiger partial charge in [0.15, 0.2) is 5.72 Å². The van der Waals surface area contributed by atoms with Crippen molar-refractivity contribution >= 4 is 6.29 Å². The summed E-state index contributed by atoms with van der Waals surface area (Å²) in [4.78, 5) is 10.5. The molecule has 0 aliphatic heterocycles. The van der Waals surface area contributed by atoms with Crippen LogP contribution in [0, 0.1) is 5.92 Å². The molecule has 0 fully saturated rings. The molecule has 4 heteroatoms. The number of carbonyl (C=O) groups is 1. The molecule has 0 bridgehead atoms. The van der Waals surface area contributed by atoms with Crippen molar-refractivity contribution in [2.24, 2.45) is 11.7 Å². The van der Waals surface area contributed by atoms with E-state index in [4.69, 9.17) is 5.73 Å². The van der Waals surface area contributed by atoms with Crippen LogP contribution >= 0.6 is 0 Å². The number of aliphatic hydroxyl groups is 2. The normalized spacial score (nSPS) is 16.3. The smallest absolute Gasteiger partial charge is 0.165 e. The predicted octanol–water partition coefficient (Wildman–Crippen LogP) is 1.40. The van der Waals surface area contributed by atoms with Gasteiger partial charge in [-0.25, -0.2) is 0 Å².